The van der Waals surface area contributed by atoms with Crippen LogP contribution >= 0.6 is 0 Å². The number of piperazine rings is 1. The number of Topliss-reactive ketones (excluding diaryl/α,β-unsaturated/α-hetero) is 1. The summed E-state index contributed by atoms with van der Waals surface area (Å²) in [7, 11) is 1.61. The molecule has 0 bridgehead atoms. The summed E-state index contributed by atoms with van der Waals surface area (Å²) in [5.74, 6) is 1.53. The van der Waals surface area contributed by atoms with Crippen molar-refractivity contribution in [1.29, 1.82) is 0 Å². The maximum atomic E-state index is 12.3. The van der Waals surface area contributed by atoms with E-state index in [-0.39, 0.29) is 11.7 Å². The monoisotopic (exact) mass is 319 g/mol. The number of carbonyl (C=O) groups is 2. The van der Waals surface area contributed by atoms with E-state index in [1.165, 1.54) is 4.90 Å². The van der Waals surface area contributed by atoms with Crippen molar-refractivity contribution in [3.8, 4) is 5.75 Å². The molecule has 5 heteroatoms. The summed E-state index contributed by atoms with van der Waals surface area (Å²) in [5.41, 5.74) is 0.719. The van der Waals surface area contributed by atoms with E-state index in [4.69, 9.17) is 4.74 Å². The summed E-state index contributed by atoms with van der Waals surface area (Å²) in [6, 6.07) is 7.24. The molecule has 1 aromatic rings. The molecule has 2 rings (SSSR count). The minimum Gasteiger partial charge on any atom is -0.497 e. The van der Waals surface area contributed by atoms with Crippen LogP contribution in [0.25, 0.3) is 0 Å². The molecule has 0 spiro atoms. The highest BCUT2D eigenvalue weighted by Crippen LogP contribution is 2.11. The number of hydrogen-bond acceptors (Lipinski definition) is 3. The molecule has 1 aromatic carbocycles. The quantitative estimate of drug-likeness (QED) is 0.784. The number of methoxy groups -OCH3 is 1. The Kier molecular flexibility index (Phi) is 6.16. The lowest BCUT2D eigenvalue weighted by Crippen LogP contribution is -3.15. The van der Waals surface area contributed by atoms with Gasteiger partial charge in [0.1, 0.15) is 12.3 Å². The molecule has 0 unspecified atom stereocenters. The fraction of sp³-hybridized carbons (Fsp3) is 0.556. The molecular weight excluding hydrogens is 292 g/mol. The summed E-state index contributed by atoms with van der Waals surface area (Å²) in [6.07, 6.45) is 0.611. The first-order valence-electron chi connectivity index (χ1n) is 8.28. The summed E-state index contributed by atoms with van der Waals surface area (Å²) in [4.78, 5) is 27.6. The third kappa shape index (κ3) is 5.06. The van der Waals surface area contributed by atoms with E-state index >= 15 is 0 Å². The van der Waals surface area contributed by atoms with E-state index in [0.717, 1.165) is 37.5 Å². The predicted molar refractivity (Wildman–Crippen MR) is 88.9 cm³/mol. The van der Waals surface area contributed by atoms with Crippen LogP contribution in [0.5, 0.6) is 5.75 Å². The number of quaternary nitrogens is 1. The van der Waals surface area contributed by atoms with Gasteiger partial charge >= 0.3 is 0 Å². The van der Waals surface area contributed by atoms with Gasteiger partial charge in [0.25, 0.3) is 0 Å². The Balaban J connectivity index is 1.81. The van der Waals surface area contributed by atoms with Crippen molar-refractivity contribution in [2.45, 2.75) is 20.3 Å². The zero-order chi connectivity index (χ0) is 16.8. The van der Waals surface area contributed by atoms with E-state index in [1.54, 1.807) is 7.11 Å². The fourth-order valence-corrected chi connectivity index (χ4v) is 2.83. The lowest BCUT2D eigenvalue weighted by molar-refractivity contribution is -0.895. The van der Waals surface area contributed by atoms with Crippen molar-refractivity contribution in [1.82, 2.24) is 4.90 Å². The van der Waals surface area contributed by atoms with Crippen LogP contribution in [0.3, 0.4) is 0 Å². The lowest BCUT2D eigenvalue weighted by atomic mass is 10.1. The third-order valence-corrected chi connectivity index (χ3v) is 4.23. The predicted octanol–water partition coefficient (Wildman–Crippen LogP) is 0.651. The highest BCUT2D eigenvalue weighted by atomic mass is 16.5. The average molecular weight is 319 g/mol. The van der Waals surface area contributed by atoms with E-state index in [9.17, 15) is 9.59 Å². The van der Waals surface area contributed by atoms with E-state index < -0.39 is 0 Å². The van der Waals surface area contributed by atoms with Gasteiger partial charge in [0.2, 0.25) is 11.7 Å². The molecule has 0 atom stereocenters. The first kappa shape index (κ1) is 17.5. The first-order chi connectivity index (χ1) is 11.0. The second kappa shape index (κ2) is 8.11. The SMILES string of the molecule is COc1ccc(C(=O)C[NH+]2CCN(C(=O)CC(C)C)CC2)cc1. The van der Waals surface area contributed by atoms with Gasteiger partial charge < -0.3 is 14.5 Å². The zero-order valence-corrected chi connectivity index (χ0v) is 14.3. The second-order valence-corrected chi connectivity index (χ2v) is 6.56. The van der Waals surface area contributed by atoms with Gasteiger partial charge in [-0.1, -0.05) is 13.8 Å². The molecular formula is C18H27N2O3+. The summed E-state index contributed by atoms with van der Waals surface area (Å²) < 4.78 is 5.11. The largest absolute Gasteiger partial charge is 0.497 e. The van der Waals surface area contributed by atoms with Crippen molar-refractivity contribution in [2.24, 2.45) is 5.92 Å². The lowest BCUT2D eigenvalue weighted by Gasteiger charge is -2.32. The number of benzene rings is 1. The minimum absolute atomic E-state index is 0.143. The van der Waals surface area contributed by atoms with Crippen LogP contribution in [0.1, 0.15) is 30.6 Å². The maximum Gasteiger partial charge on any atom is 0.223 e. The van der Waals surface area contributed by atoms with Gasteiger partial charge in [-0.2, -0.15) is 0 Å². The van der Waals surface area contributed by atoms with Gasteiger partial charge in [-0.05, 0) is 30.2 Å². The van der Waals surface area contributed by atoms with Crippen LogP contribution < -0.4 is 9.64 Å². The Bertz CT molecular complexity index is 532. The molecule has 5 nitrogen and oxygen atoms in total. The normalized spacial score (nSPS) is 15.7. The van der Waals surface area contributed by atoms with Crippen molar-refractivity contribution in [2.75, 3.05) is 39.8 Å². The average Bonchev–Trinajstić information content (AvgIpc) is 2.55. The maximum absolute atomic E-state index is 12.3. The zero-order valence-electron chi connectivity index (χ0n) is 14.3. The van der Waals surface area contributed by atoms with Crippen molar-refractivity contribution in [3.05, 3.63) is 29.8 Å². The molecule has 1 N–H and O–H groups in total. The molecule has 1 heterocycles. The summed E-state index contributed by atoms with van der Waals surface area (Å²) in [5, 5.41) is 0. The number of ether oxygens (including phenoxy) is 1. The number of rotatable bonds is 6. The standard InChI is InChI=1S/C18H26N2O3/c1-14(2)12-18(22)20-10-8-19(9-11-20)13-17(21)15-4-6-16(23-3)7-5-15/h4-7,14H,8-13H2,1-3H3/p+1. The third-order valence-electron chi connectivity index (χ3n) is 4.23. The van der Waals surface area contributed by atoms with Gasteiger partial charge in [-0.25, -0.2) is 0 Å². The molecule has 1 fully saturated rings. The highest BCUT2D eigenvalue weighted by molar-refractivity contribution is 5.96. The van der Waals surface area contributed by atoms with Crippen LogP contribution in [0.15, 0.2) is 24.3 Å². The van der Waals surface area contributed by atoms with Crippen LogP contribution in [0.4, 0.5) is 0 Å². The van der Waals surface area contributed by atoms with Crippen molar-refractivity contribution >= 4 is 11.7 Å². The molecule has 1 aliphatic heterocycles. The van der Waals surface area contributed by atoms with Crippen molar-refractivity contribution < 1.29 is 19.2 Å². The van der Waals surface area contributed by atoms with Crippen LogP contribution in [-0.4, -0.2) is 56.4 Å². The highest BCUT2D eigenvalue weighted by Gasteiger charge is 2.25. The molecule has 0 aliphatic carbocycles. The van der Waals surface area contributed by atoms with Gasteiger partial charge in [0.15, 0.2) is 0 Å². The number of carbonyl (C=O) groups excluding carboxylic acids is 2. The van der Waals surface area contributed by atoms with E-state index in [0.29, 0.717) is 18.9 Å². The Hall–Kier alpha value is -1.88. The molecule has 23 heavy (non-hydrogen) atoms. The van der Waals surface area contributed by atoms with E-state index in [1.807, 2.05) is 29.2 Å². The van der Waals surface area contributed by atoms with E-state index in [2.05, 4.69) is 13.8 Å². The van der Waals surface area contributed by atoms with Crippen LogP contribution in [-0.2, 0) is 4.79 Å². The molecule has 0 aromatic heterocycles. The van der Waals surface area contributed by atoms with Gasteiger partial charge in [0.05, 0.1) is 33.3 Å². The van der Waals surface area contributed by atoms with Gasteiger partial charge in [-0.3, -0.25) is 9.59 Å². The molecule has 126 valence electrons. The summed E-state index contributed by atoms with van der Waals surface area (Å²) >= 11 is 0. The smallest absolute Gasteiger partial charge is 0.223 e. The molecule has 1 saturated heterocycles. The topological polar surface area (TPSA) is 51.1 Å². The number of hydrogen-bond donors (Lipinski definition) is 1. The first-order valence-corrected chi connectivity index (χ1v) is 8.28. The van der Waals surface area contributed by atoms with Gasteiger partial charge in [-0.15, -0.1) is 0 Å². The fourth-order valence-electron chi connectivity index (χ4n) is 2.83. The molecule has 1 aliphatic rings. The Morgan fingerprint density at radius 1 is 1.17 bits per heavy atom. The van der Waals surface area contributed by atoms with Crippen LogP contribution in [0.2, 0.25) is 0 Å². The summed E-state index contributed by atoms with van der Waals surface area (Å²) in [6.45, 7) is 7.78. The minimum atomic E-state index is 0.143. The Morgan fingerprint density at radius 2 is 1.78 bits per heavy atom. The molecule has 0 saturated carbocycles. The second-order valence-electron chi connectivity index (χ2n) is 6.56. The Labute approximate surface area is 138 Å². The van der Waals surface area contributed by atoms with Crippen LogP contribution in [0, 0.1) is 5.92 Å². The molecule has 1 amide bonds. The number of nitrogens with zero attached hydrogens (tertiary/aromatic N) is 1. The molecule has 0 radical (unpaired) electrons. The number of amides is 1. The Morgan fingerprint density at radius 3 is 2.30 bits per heavy atom. The van der Waals surface area contributed by atoms with Crippen molar-refractivity contribution in [3.63, 3.8) is 0 Å². The van der Waals surface area contributed by atoms with Gasteiger partial charge in [0, 0.05) is 12.0 Å². The number of nitrogens with one attached hydrogen (secondary N) is 1. The number of ketones is 1.